The fourth-order valence-corrected chi connectivity index (χ4v) is 1.82. The molecule has 0 radical (unpaired) electrons. The summed E-state index contributed by atoms with van der Waals surface area (Å²) in [5.41, 5.74) is 0.390. The Kier molecular flexibility index (Phi) is 4.16. The van der Waals surface area contributed by atoms with Crippen molar-refractivity contribution < 1.29 is 9.72 Å². The second-order valence-electron chi connectivity index (χ2n) is 3.74. The van der Waals surface area contributed by atoms with Gasteiger partial charge in [-0.3, -0.25) is 14.9 Å². The van der Waals surface area contributed by atoms with Crippen LogP contribution in [0.25, 0.3) is 0 Å². The predicted octanol–water partition coefficient (Wildman–Crippen LogP) is 3.55. The summed E-state index contributed by atoms with van der Waals surface area (Å²) in [4.78, 5) is 25.8. The zero-order chi connectivity index (χ0) is 14.7. The zero-order valence-electron chi connectivity index (χ0n) is 9.84. The molecule has 2 rings (SSSR count). The number of benzene rings is 1. The number of halogens is 2. The van der Waals surface area contributed by atoms with Gasteiger partial charge in [0.1, 0.15) is 5.15 Å². The Balaban J connectivity index is 2.21. The normalized spacial score (nSPS) is 10.1. The van der Waals surface area contributed by atoms with E-state index in [4.69, 9.17) is 23.2 Å². The molecule has 6 nitrogen and oxygen atoms in total. The molecule has 102 valence electrons. The smallest absolute Gasteiger partial charge is 0.270 e. The quantitative estimate of drug-likeness (QED) is 0.533. The fourth-order valence-electron chi connectivity index (χ4n) is 1.45. The lowest BCUT2D eigenvalue weighted by Gasteiger charge is -2.06. The first-order valence-electron chi connectivity index (χ1n) is 5.34. The summed E-state index contributed by atoms with van der Waals surface area (Å²) in [6, 6.07) is 6.72. The van der Waals surface area contributed by atoms with Crippen LogP contribution in [0, 0.1) is 10.1 Å². The number of pyridine rings is 1. The van der Waals surface area contributed by atoms with Crippen molar-refractivity contribution in [3.05, 3.63) is 62.4 Å². The van der Waals surface area contributed by atoms with E-state index in [2.05, 4.69) is 10.3 Å². The van der Waals surface area contributed by atoms with Crippen molar-refractivity contribution in [1.29, 1.82) is 0 Å². The van der Waals surface area contributed by atoms with E-state index in [1.165, 1.54) is 24.4 Å². The highest BCUT2D eigenvalue weighted by Crippen LogP contribution is 2.23. The van der Waals surface area contributed by atoms with Crippen LogP contribution in [-0.4, -0.2) is 15.8 Å². The van der Waals surface area contributed by atoms with Gasteiger partial charge in [-0.15, -0.1) is 0 Å². The maximum absolute atomic E-state index is 12.0. The molecular weight excluding hydrogens is 305 g/mol. The molecule has 0 unspecified atom stereocenters. The number of nitrogens with one attached hydrogen (secondary N) is 1. The molecule has 0 aliphatic heterocycles. The SMILES string of the molecule is O=C(Nc1ccc(Cl)nc1)c1ccc([N+](=O)[O-])cc1Cl. The Morgan fingerprint density at radius 3 is 2.55 bits per heavy atom. The third-order valence-electron chi connectivity index (χ3n) is 2.39. The lowest BCUT2D eigenvalue weighted by molar-refractivity contribution is -0.384. The summed E-state index contributed by atoms with van der Waals surface area (Å²) in [6.07, 6.45) is 1.39. The van der Waals surface area contributed by atoms with Crippen LogP contribution in [0.2, 0.25) is 10.2 Å². The number of hydrogen-bond donors (Lipinski definition) is 1. The van der Waals surface area contributed by atoms with Gasteiger partial charge in [-0.1, -0.05) is 23.2 Å². The summed E-state index contributed by atoms with van der Waals surface area (Å²) in [5.74, 6) is -0.492. The number of carbonyl (C=O) groups is 1. The summed E-state index contributed by atoms with van der Waals surface area (Å²) in [5, 5.41) is 13.4. The Morgan fingerprint density at radius 1 is 1.25 bits per heavy atom. The van der Waals surface area contributed by atoms with E-state index in [1.54, 1.807) is 6.07 Å². The molecule has 0 saturated carbocycles. The molecule has 0 aliphatic rings. The number of carbonyl (C=O) groups excluding carboxylic acids is 1. The van der Waals surface area contributed by atoms with Crippen LogP contribution in [0.1, 0.15) is 10.4 Å². The summed E-state index contributed by atoms with van der Waals surface area (Å²) in [7, 11) is 0. The lowest BCUT2D eigenvalue weighted by atomic mass is 10.2. The van der Waals surface area contributed by atoms with Crippen LogP contribution >= 0.6 is 23.2 Å². The number of non-ortho nitro benzene ring substituents is 1. The average molecular weight is 312 g/mol. The van der Waals surface area contributed by atoms with Gasteiger partial charge in [0.15, 0.2) is 0 Å². The van der Waals surface area contributed by atoms with Crippen molar-refractivity contribution in [2.45, 2.75) is 0 Å². The van der Waals surface area contributed by atoms with E-state index in [1.807, 2.05) is 0 Å². The van der Waals surface area contributed by atoms with Crippen molar-refractivity contribution >= 4 is 40.5 Å². The van der Waals surface area contributed by atoms with E-state index < -0.39 is 10.8 Å². The number of nitro benzene ring substituents is 1. The summed E-state index contributed by atoms with van der Waals surface area (Å²) >= 11 is 11.5. The van der Waals surface area contributed by atoms with E-state index in [0.29, 0.717) is 10.8 Å². The number of nitro groups is 1. The highest BCUT2D eigenvalue weighted by molar-refractivity contribution is 6.34. The van der Waals surface area contributed by atoms with E-state index in [9.17, 15) is 14.9 Å². The van der Waals surface area contributed by atoms with Crippen LogP contribution in [0.5, 0.6) is 0 Å². The van der Waals surface area contributed by atoms with Crippen LogP contribution in [0.3, 0.4) is 0 Å². The maximum Gasteiger partial charge on any atom is 0.270 e. The lowest BCUT2D eigenvalue weighted by Crippen LogP contribution is -2.12. The number of anilines is 1. The molecule has 20 heavy (non-hydrogen) atoms. The van der Waals surface area contributed by atoms with Gasteiger partial charge in [0.2, 0.25) is 0 Å². The molecule has 1 aromatic carbocycles. The van der Waals surface area contributed by atoms with Gasteiger partial charge in [-0.05, 0) is 18.2 Å². The fraction of sp³-hybridized carbons (Fsp3) is 0. The molecule has 0 fully saturated rings. The predicted molar refractivity (Wildman–Crippen MR) is 75.3 cm³/mol. The molecule has 0 aliphatic carbocycles. The van der Waals surface area contributed by atoms with Crippen LogP contribution in [-0.2, 0) is 0 Å². The monoisotopic (exact) mass is 311 g/mol. The van der Waals surface area contributed by atoms with Crippen molar-refractivity contribution in [1.82, 2.24) is 4.98 Å². The van der Waals surface area contributed by atoms with Crippen molar-refractivity contribution in [3.63, 3.8) is 0 Å². The molecular formula is C12H7Cl2N3O3. The van der Waals surface area contributed by atoms with E-state index >= 15 is 0 Å². The molecule has 1 aromatic heterocycles. The van der Waals surface area contributed by atoms with Crippen molar-refractivity contribution in [2.75, 3.05) is 5.32 Å². The summed E-state index contributed by atoms with van der Waals surface area (Å²) in [6.45, 7) is 0. The molecule has 8 heteroatoms. The van der Waals surface area contributed by atoms with Gasteiger partial charge in [0, 0.05) is 12.1 Å². The van der Waals surface area contributed by atoms with E-state index in [0.717, 1.165) is 6.07 Å². The first-order chi connectivity index (χ1) is 9.47. The molecule has 0 saturated heterocycles. The molecule has 1 N–H and O–H groups in total. The Bertz CT molecular complexity index is 674. The maximum atomic E-state index is 12.0. The molecule has 1 heterocycles. The number of amides is 1. The van der Waals surface area contributed by atoms with Crippen LogP contribution < -0.4 is 5.32 Å². The molecule has 0 atom stereocenters. The molecule has 0 bridgehead atoms. The van der Waals surface area contributed by atoms with Gasteiger partial charge >= 0.3 is 0 Å². The van der Waals surface area contributed by atoms with Gasteiger partial charge in [0.25, 0.3) is 11.6 Å². The number of hydrogen-bond acceptors (Lipinski definition) is 4. The number of aromatic nitrogens is 1. The topological polar surface area (TPSA) is 85.1 Å². The van der Waals surface area contributed by atoms with Crippen molar-refractivity contribution in [3.8, 4) is 0 Å². The first-order valence-corrected chi connectivity index (χ1v) is 6.10. The largest absolute Gasteiger partial charge is 0.321 e. The van der Waals surface area contributed by atoms with Gasteiger partial charge in [-0.25, -0.2) is 4.98 Å². The zero-order valence-corrected chi connectivity index (χ0v) is 11.4. The Hall–Kier alpha value is -2.18. The Labute approximate surface area is 123 Å². The van der Waals surface area contributed by atoms with Gasteiger partial charge in [-0.2, -0.15) is 0 Å². The minimum atomic E-state index is -0.587. The number of nitrogens with zero attached hydrogens (tertiary/aromatic N) is 2. The summed E-state index contributed by atoms with van der Waals surface area (Å²) < 4.78 is 0. The highest BCUT2D eigenvalue weighted by atomic mass is 35.5. The highest BCUT2D eigenvalue weighted by Gasteiger charge is 2.15. The second kappa shape index (κ2) is 5.85. The molecule has 0 spiro atoms. The standard InChI is InChI=1S/C12H7Cl2N3O3/c13-10-5-8(17(19)20)2-3-9(10)12(18)16-7-1-4-11(14)15-6-7/h1-6H,(H,16,18). The Morgan fingerprint density at radius 2 is 2.00 bits per heavy atom. The van der Waals surface area contributed by atoms with Crippen LogP contribution in [0.15, 0.2) is 36.5 Å². The average Bonchev–Trinajstić information content (AvgIpc) is 2.41. The third kappa shape index (κ3) is 3.23. The minimum Gasteiger partial charge on any atom is -0.321 e. The third-order valence-corrected chi connectivity index (χ3v) is 2.93. The number of rotatable bonds is 3. The van der Waals surface area contributed by atoms with Crippen LogP contribution in [0.4, 0.5) is 11.4 Å². The molecule has 1 amide bonds. The van der Waals surface area contributed by atoms with E-state index in [-0.39, 0.29) is 16.3 Å². The van der Waals surface area contributed by atoms with Gasteiger partial charge < -0.3 is 5.32 Å². The first kappa shape index (κ1) is 14.2. The van der Waals surface area contributed by atoms with Gasteiger partial charge in [0.05, 0.1) is 27.4 Å². The second-order valence-corrected chi connectivity index (χ2v) is 4.54. The minimum absolute atomic E-state index is 0.00128. The molecule has 2 aromatic rings. The van der Waals surface area contributed by atoms with Crippen molar-refractivity contribution in [2.24, 2.45) is 0 Å².